The van der Waals surface area contributed by atoms with E-state index in [1.807, 2.05) is 12.1 Å². The van der Waals surface area contributed by atoms with E-state index in [9.17, 15) is 8.42 Å². The number of hydrogen-bond donors (Lipinski definition) is 1. The molecule has 2 aromatic carbocycles. The van der Waals surface area contributed by atoms with Crippen LogP contribution in [-0.4, -0.2) is 49.0 Å². The number of hydrogen-bond acceptors (Lipinski definition) is 7. The summed E-state index contributed by atoms with van der Waals surface area (Å²) in [6.45, 7) is 3.53. The Labute approximate surface area is 221 Å². The van der Waals surface area contributed by atoms with E-state index < -0.39 is 10.0 Å². The number of anilines is 2. The van der Waals surface area contributed by atoms with Crippen molar-refractivity contribution in [1.82, 2.24) is 14.3 Å². The summed E-state index contributed by atoms with van der Waals surface area (Å²) in [5.74, 6) is 0.576. The summed E-state index contributed by atoms with van der Waals surface area (Å²) in [5.41, 5.74) is 2.59. The molecule has 2 aromatic heterocycles. The molecular formula is C24H22BrClN4O3S2. The molecular weight excluding hydrogens is 572 g/mol. The molecule has 4 aromatic rings. The number of benzene rings is 2. The summed E-state index contributed by atoms with van der Waals surface area (Å²) in [5, 5.41) is 4.58. The van der Waals surface area contributed by atoms with Crippen molar-refractivity contribution in [3.63, 3.8) is 0 Å². The fraction of sp³-hybridized carbons (Fsp3) is 0.250. The van der Waals surface area contributed by atoms with E-state index in [4.69, 9.17) is 16.3 Å². The molecule has 0 radical (unpaired) electrons. The average molecular weight is 594 g/mol. The van der Waals surface area contributed by atoms with Gasteiger partial charge in [0.1, 0.15) is 17.0 Å². The minimum atomic E-state index is -3.67. The Morgan fingerprint density at radius 1 is 1.14 bits per heavy atom. The van der Waals surface area contributed by atoms with E-state index in [1.54, 1.807) is 23.5 Å². The predicted molar refractivity (Wildman–Crippen MR) is 144 cm³/mol. The molecule has 0 unspecified atom stereocenters. The van der Waals surface area contributed by atoms with Crippen molar-refractivity contribution in [2.45, 2.75) is 18.2 Å². The molecule has 0 aliphatic carbocycles. The van der Waals surface area contributed by atoms with E-state index in [1.165, 1.54) is 21.6 Å². The first-order valence-electron chi connectivity index (χ1n) is 11.0. The zero-order chi connectivity index (χ0) is 24.6. The van der Waals surface area contributed by atoms with Crippen LogP contribution < -0.4 is 5.32 Å². The molecule has 0 atom stereocenters. The van der Waals surface area contributed by atoms with Gasteiger partial charge in [0.05, 0.1) is 34.2 Å². The Balaban J connectivity index is 1.59. The van der Waals surface area contributed by atoms with Crippen molar-refractivity contribution in [3.8, 4) is 11.1 Å². The Hall–Kier alpha value is -2.08. The lowest BCUT2D eigenvalue weighted by Crippen LogP contribution is -2.40. The predicted octanol–water partition coefficient (Wildman–Crippen LogP) is 6.10. The maximum absolute atomic E-state index is 13.2. The van der Waals surface area contributed by atoms with Gasteiger partial charge in [-0.05, 0) is 42.3 Å². The van der Waals surface area contributed by atoms with Gasteiger partial charge >= 0.3 is 0 Å². The van der Waals surface area contributed by atoms with Crippen LogP contribution in [-0.2, 0) is 21.2 Å². The molecule has 11 heteroatoms. The Morgan fingerprint density at radius 2 is 1.89 bits per heavy atom. The molecule has 1 aliphatic rings. The second-order valence-corrected chi connectivity index (χ2v) is 12.3. The topological polar surface area (TPSA) is 84.4 Å². The molecule has 5 rings (SSSR count). The van der Waals surface area contributed by atoms with E-state index >= 15 is 0 Å². The lowest BCUT2D eigenvalue weighted by Gasteiger charge is -2.26. The van der Waals surface area contributed by atoms with E-state index in [-0.39, 0.29) is 4.90 Å². The smallest absolute Gasteiger partial charge is 0.243 e. The largest absolute Gasteiger partial charge is 0.379 e. The number of sulfonamides is 1. The van der Waals surface area contributed by atoms with Gasteiger partial charge in [0.15, 0.2) is 0 Å². The first-order valence-corrected chi connectivity index (χ1v) is 14.5. The van der Waals surface area contributed by atoms with Gasteiger partial charge in [0.25, 0.3) is 0 Å². The number of ether oxygens (including phenoxy) is 1. The van der Waals surface area contributed by atoms with Crippen LogP contribution in [0.1, 0.15) is 11.8 Å². The van der Waals surface area contributed by atoms with Crippen molar-refractivity contribution in [1.29, 1.82) is 0 Å². The number of aromatic nitrogens is 2. The van der Waals surface area contributed by atoms with Crippen molar-refractivity contribution in [2.24, 2.45) is 0 Å². The third-order valence-electron chi connectivity index (χ3n) is 5.81. The first-order chi connectivity index (χ1) is 16.9. The van der Waals surface area contributed by atoms with Crippen molar-refractivity contribution < 1.29 is 13.2 Å². The molecule has 7 nitrogen and oxygen atoms in total. The Morgan fingerprint density at radius 3 is 2.60 bits per heavy atom. The van der Waals surface area contributed by atoms with Gasteiger partial charge in [-0.2, -0.15) is 4.31 Å². The van der Waals surface area contributed by atoms with Crippen molar-refractivity contribution >= 4 is 70.6 Å². The van der Waals surface area contributed by atoms with Gasteiger partial charge in [0.2, 0.25) is 10.0 Å². The maximum Gasteiger partial charge on any atom is 0.243 e. The van der Waals surface area contributed by atoms with Gasteiger partial charge in [0, 0.05) is 28.0 Å². The zero-order valence-electron chi connectivity index (χ0n) is 18.8. The number of morpholine rings is 1. The molecule has 1 aliphatic heterocycles. The summed E-state index contributed by atoms with van der Waals surface area (Å²) < 4.78 is 34.1. The van der Waals surface area contributed by atoms with Crippen molar-refractivity contribution in [3.05, 3.63) is 63.2 Å². The standard InChI is InChI=1S/C24H22BrClN4O3S2/c1-2-20-21(15-3-5-16(25)6-4-15)22-23(27-14-28-24(22)34-20)29-19-13-17(7-8-18(19)26)35(31,32)30-9-11-33-12-10-30/h3-8,13-14H,2,9-12H2,1H3,(H,27,28,29). The fourth-order valence-electron chi connectivity index (χ4n) is 4.07. The summed E-state index contributed by atoms with van der Waals surface area (Å²) in [6.07, 6.45) is 2.36. The first kappa shape index (κ1) is 24.6. The molecule has 1 N–H and O–H groups in total. The van der Waals surface area contributed by atoms with Gasteiger partial charge < -0.3 is 10.1 Å². The van der Waals surface area contributed by atoms with Crippen molar-refractivity contribution in [2.75, 3.05) is 31.6 Å². The minimum absolute atomic E-state index is 0.171. The highest BCUT2D eigenvalue weighted by Gasteiger charge is 2.27. The highest BCUT2D eigenvalue weighted by Crippen LogP contribution is 2.42. The summed E-state index contributed by atoms with van der Waals surface area (Å²) in [6, 6.07) is 12.8. The number of aryl methyl sites for hydroxylation is 1. The number of nitrogens with one attached hydrogen (secondary N) is 1. The number of nitrogens with zero attached hydrogens (tertiary/aromatic N) is 3. The monoisotopic (exact) mass is 592 g/mol. The van der Waals surface area contributed by atoms with Crippen LogP contribution in [0.3, 0.4) is 0 Å². The summed E-state index contributed by atoms with van der Waals surface area (Å²) >= 11 is 11.6. The summed E-state index contributed by atoms with van der Waals surface area (Å²) in [7, 11) is -3.67. The molecule has 1 saturated heterocycles. The third kappa shape index (κ3) is 4.83. The molecule has 0 amide bonds. The number of thiophene rings is 1. The highest BCUT2D eigenvalue weighted by atomic mass is 79.9. The molecule has 3 heterocycles. The average Bonchev–Trinajstić information content (AvgIpc) is 3.26. The Kier molecular flexibility index (Phi) is 7.11. The molecule has 35 heavy (non-hydrogen) atoms. The molecule has 0 bridgehead atoms. The summed E-state index contributed by atoms with van der Waals surface area (Å²) in [4.78, 5) is 11.2. The van der Waals surface area contributed by atoms with Crippen LogP contribution in [0.25, 0.3) is 21.3 Å². The van der Waals surface area contributed by atoms with Gasteiger partial charge in [-0.3, -0.25) is 0 Å². The second-order valence-electron chi connectivity index (χ2n) is 7.95. The minimum Gasteiger partial charge on any atom is -0.379 e. The maximum atomic E-state index is 13.2. The van der Waals surface area contributed by atoms with Gasteiger partial charge in [-0.25, -0.2) is 18.4 Å². The normalized spacial score (nSPS) is 14.9. The van der Waals surface area contributed by atoms with Crippen LogP contribution in [0.2, 0.25) is 5.02 Å². The van der Waals surface area contributed by atoms with E-state index in [2.05, 4.69) is 50.3 Å². The third-order valence-corrected chi connectivity index (χ3v) is 9.81. The highest BCUT2D eigenvalue weighted by molar-refractivity contribution is 9.10. The van der Waals surface area contributed by atoms with Crippen LogP contribution in [0.4, 0.5) is 11.5 Å². The lowest BCUT2D eigenvalue weighted by molar-refractivity contribution is 0.0730. The van der Waals surface area contributed by atoms with Crippen LogP contribution in [0.5, 0.6) is 0 Å². The Bertz CT molecular complexity index is 1490. The number of halogens is 2. The van der Waals surface area contributed by atoms with Gasteiger partial charge in [-0.15, -0.1) is 11.3 Å². The quantitative estimate of drug-likeness (QED) is 0.291. The van der Waals surface area contributed by atoms with E-state index in [0.717, 1.165) is 32.2 Å². The zero-order valence-corrected chi connectivity index (χ0v) is 22.8. The second kappa shape index (κ2) is 10.1. The lowest BCUT2D eigenvalue weighted by atomic mass is 10.0. The molecule has 0 spiro atoms. The van der Waals surface area contributed by atoms with Gasteiger partial charge in [-0.1, -0.05) is 46.6 Å². The molecule has 1 fully saturated rings. The van der Waals surface area contributed by atoms with Crippen LogP contribution >= 0.6 is 38.9 Å². The molecule has 182 valence electrons. The number of fused-ring (bicyclic) bond motifs is 1. The number of rotatable bonds is 6. The van der Waals surface area contributed by atoms with E-state index in [0.29, 0.717) is 42.8 Å². The van der Waals surface area contributed by atoms with Crippen LogP contribution in [0.15, 0.2) is 58.2 Å². The SMILES string of the molecule is CCc1sc2ncnc(Nc3cc(S(=O)(=O)N4CCOCC4)ccc3Cl)c2c1-c1ccc(Br)cc1. The fourth-order valence-corrected chi connectivity index (χ4v) is 7.03. The molecule has 0 saturated carbocycles. The van der Waals surface area contributed by atoms with Crippen LogP contribution in [0, 0.1) is 0 Å².